The fourth-order valence-electron chi connectivity index (χ4n) is 4.55. The van der Waals surface area contributed by atoms with Crippen molar-refractivity contribution in [3.05, 3.63) is 102 Å². The van der Waals surface area contributed by atoms with Gasteiger partial charge in [-0.05, 0) is 55.4 Å². The number of nitrogens with one attached hydrogen (secondary N) is 1. The predicted octanol–water partition coefficient (Wildman–Crippen LogP) is 4.97. The summed E-state index contributed by atoms with van der Waals surface area (Å²) in [5.74, 6) is -0.159. The van der Waals surface area contributed by atoms with Crippen molar-refractivity contribution < 1.29 is 13.2 Å². The molecule has 1 aliphatic rings. The minimum absolute atomic E-state index is 0.0188. The van der Waals surface area contributed by atoms with Gasteiger partial charge >= 0.3 is 0 Å². The molecule has 0 aromatic heterocycles. The minimum atomic E-state index is -3.51. The molecule has 0 radical (unpaired) electrons. The third-order valence-corrected chi connectivity index (χ3v) is 8.44. The summed E-state index contributed by atoms with van der Waals surface area (Å²) >= 11 is 0. The number of nitrogens with zero attached hydrogens (tertiary/aromatic N) is 1. The smallest absolute Gasteiger partial charge is 0.243 e. The van der Waals surface area contributed by atoms with Crippen LogP contribution in [0.15, 0.2) is 95.9 Å². The molecule has 1 aliphatic heterocycles. The van der Waals surface area contributed by atoms with Crippen LogP contribution in [0.3, 0.4) is 0 Å². The van der Waals surface area contributed by atoms with E-state index in [1.807, 2.05) is 24.3 Å². The molecule has 1 amide bonds. The molecule has 1 N–H and O–H groups in total. The van der Waals surface area contributed by atoms with E-state index in [9.17, 15) is 13.2 Å². The number of hydrogen-bond acceptors (Lipinski definition) is 3. The fraction of sp³-hybridized carbons (Fsp3) is 0.321. The number of amides is 1. The Balaban J connectivity index is 1.35. The van der Waals surface area contributed by atoms with Gasteiger partial charge in [-0.25, -0.2) is 8.42 Å². The molecule has 1 heterocycles. The highest BCUT2D eigenvalue weighted by atomic mass is 32.2. The standard InChI is InChI=1S/C28H32N2O3S/c31-28(25-19-21-30(22-20-25)34(32,33)26-16-8-3-9-17-26)29-27(24-14-6-2-7-15-24)18-10-13-23-11-4-1-5-12-23/h1-9,11-12,14-17,25,27H,10,13,18-22H2,(H,29,31). The number of piperidine rings is 1. The molecule has 1 fully saturated rings. The summed E-state index contributed by atoms with van der Waals surface area (Å²) in [6.07, 6.45) is 3.85. The second-order valence-electron chi connectivity index (χ2n) is 8.84. The van der Waals surface area contributed by atoms with E-state index < -0.39 is 10.0 Å². The number of sulfonamides is 1. The molecule has 178 valence electrons. The van der Waals surface area contributed by atoms with Gasteiger partial charge in [0.25, 0.3) is 0 Å². The van der Waals surface area contributed by atoms with Gasteiger partial charge in [0.2, 0.25) is 15.9 Å². The van der Waals surface area contributed by atoms with Crippen molar-refractivity contribution in [2.24, 2.45) is 5.92 Å². The van der Waals surface area contributed by atoms with E-state index in [-0.39, 0.29) is 17.9 Å². The first-order chi connectivity index (χ1) is 16.5. The zero-order valence-corrected chi connectivity index (χ0v) is 20.2. The number of rotatable bonds is 9. The molecule has 0 saturated carbocycles. The first-order valence-corrected chi connectivity index (χ1v) is 13.4. The van der Waals surface area contributed by atoms with E-state index >= 15 is 0 Å². The van der Waals surface area contributed by atoms with Crippen LogP contribution in [-0.4, -0.2) is 31.7 Å². The Bertz CT molecular complexity index is 1140. The van der Waals surface area contributed by atoms with Crippen LogP contribution in [-0.2, 0) is 21.2 Å². The molecule has 0 spiro atoms. The number of carbonyl (C=O) groups is 1. The maximum absolute atomic E-state index is 13.2. The zero-order chi connectivity index (χ0) is 23.8. The van der Waals surface area contributed by atoms with Gasteiger partial charge < -0.3 is 5.32 Å². The van der Waals surface area contributed by atoms with Crippen LogP contribution in [0.5, 0.6) is 0 Å². The normalized spacial score (nSPS) is 16.1. The van der Waals surface area contributed by atoms with Gasteiger partial charge in [-0.15, -0.1) is 0 Å². The van der Waals surface area contributed by atoms with Crippen molar-refractivity contribution in [1.82, 2.24) is 9.62 Å². The van der Waals surface area contributed by atoms with Crippen LogP contribution in [0.1, 0.15) is 42.9 Å². The van der Waals surface area contributed by atoms with Gasteiger partial charge in [0, 0.05) is 19.0 Å². The lowest BCUT2D eigenvalue weighted by molar-refractivity contribution is -0.127. The Morgan fingerprint density at radius 1 is 0.853 bits per heavy atom. The minimum Gasteiger partial charge on any atom is -0.349 e. The highest BCUT2D eigenvalue weighted by Gasteiger charge is 2.32. The molecule has 6 heteroatoms. The molecule has 1 saturated heterocycles. The Hall–Kier alpha value is -2.96. The quantitative estimate of drug-likeness (QED) is 0.474. The SMILES string of the molecule is O=C(NC(CCCc1ccccc1)c1ccccc1)C1CCN(S(=O)(=O)c2ccccc2)CC1. The highest BCUT2D eigenvalue weighted by Crippen LogP contribution is 2.26. The summed E-state index contributed by atoms with van der Waals surface area (Å²) in [5, 5.41) is 3.27. The highest BCUT2D eigenvalue weighted by molar-refractivity contribution is 7.89. The van der Waals surface area contributed by atoms with Gasteiger partial charge in [0.05, 0.1) is 10.9 Å². The van der Waals surface area contributed by atoms with Crippen molar-refractivity contribution in [3.8, 4) is 0 Å². The number of carbonyl (C=O) groups excluding carboxylic acids is 1. The van der Waals surface area contributed by atoms with Crippen LogP contribution in [0.25, 0.3) is 0 Å². The molecular formula is C28H32N2O3S. The lowest BCUT2D eigenvalue weighted by Gasteiger charge is -2.31. The topological polar surface area (TPSA) is 66.5 Å². The molecule has 34 heavy (non-hydrogen) atoms. The van der Waals surface area contributed by atoms with Crippen molar-refractivity contribution in [2.75, 3.05) is 13.1 Å². The number of benzene rings is 3. The zero-order valence-electron chi connectivity index (χ0n) is 19.3. The second kappa shape index (κ2) is 11.4. The summed E-state index contributed by atoms with van der Waals surface area (Å²) in [6, 6.07) is 28.9. The van der Waals surface area contributed by atoms with Crippen LogP contribution in [0, 0.1) is 5.92 Å². The Kier molecular flexibility index (Phi) is 8.14. The first-order valence-electron chi connectivity index (χ1n) is 12.0. The molecule has 1 unspecified atom stereocenters. The third-order valence-electron chi connectivity index (χ3n) is 6.53. The summed E-state index contributed by atoms with van der Waals surface area (Å²) < 4.78 is 27.3. The van der Waals surface area contributed by atoms with Gasteiger partial charge in [-0.2, -0.15) is 4.31 Å². The molecule has 0 aliphatic carbocycles. The van der Waals surface area contributed by atoms with Crippen molar-refractivity contribution in [2.45, 2.75) is 43.0 Å². The van der Waals surface area contributed by atoms with E-state index in [1.54, 1.807) is 30.3 Å². The maximum Gasteiger partial charge on any atom is 0.243 e. The first kappa shape index (κ1) is 24.2. The Labute approximate surface area is 202 Å². The molecule has 5 nitrogen and oxygen atoms in total. The van der Waals surface area contributed by atoms with Crippen LogP contribution in [0.2, 0.25) is 0 Å². The molecule has 3 aromatic rings. The fourth-order valence-corrected chi connectivity index (χ4v) is 6.04. The molecule has 4 rings (SSSR count). The monoisotopic (exact) mass is 476 g/mol. The lowest BCUT2D eigenvalue weighted by atomic mass is 9.94. The lowest BCUT2D eigenvalue weighted by Crippen LogP contribution is -2.43. The summed E-state index contributed by atoms with van der Waals surface area (Å²) in [4.78, 5) is 13.5. The van der Waals surface area contributed by atoms with Gasteiger partial charge in [-0.3, -0.25) is 4.79 Å². The van der Waals surface area contributed by atoms with Crippen molar-refractivity contribution in [1.29, 1.82) is 0 Å². The van der Waals surface area contributed by atoms with Crippen molar-refractivity contribution >= 4 is 15.9 Å². The molecular weight excluding hydrogens is 444 g/mol. The van der Waals surface area contributed by atoms with Crippen molar-refractivity contribution in [3.63, 3.8) is 0 Å². The van der Waals surface area contributed by atoms with Crippen LogP contribution >= 0.6 is 0 Å². The van der Waals surface area contributed by atoms with E-state index in [4.69, 9.17) is 0 Å². The summed E-state index contributed by atoms with van der Waals surface area (Å²) in [5.41, 5.74) is 2.40. The number of aryl methyl sites for hydroxylation is 1. The largest absolute Gasteiger partial charge is 0.349 e. The van der Waals surface area contributed by atoms with E-state index in [1.165, 1.54) is 9.87 Å². The maximum atomic E-state index is 13.2. The van der Waals surface area contributed by atoms with E-state index in [2.05, 4.69) is 41.7 Å². The van der Waals surface area contributed by atoms with E-state index in [0.717, 1.165) is 24.8 Å². The van der Waals surface area contributed by atoms with Gasteiger partial charge in [0.15, 0.2) is 0 Å². The average molecular weight is 477 g/mol. The van der Waals surface area contributed by atoms with Gasteiger partial charge in [-0.1, -0.05) is 78.9 Å². The Morgan fingerprint density at radius 3 is 2.03 bits per heavy atom. The van der Waals surface area contributed by atoms with E-state index in [0.29, 0.717) is 30.8 Å². The molecule has 1 atom stereocenters. The summed E-state index contributed by atoms with van der Waals surface area (Å²) in [6.45, 7) is 0.721. The van der Waals surface area contributed by atoms with Crippen LogP contribution < -0.4 is 5.32 Å². The van der Waals surface area contributed by atoms with Gasteiger partial charge in [0.1, 0.15) is 0 Å². The average Bonchev–Trinajstić information content (AvgIpc) is 2.90. The third kappa shape index (κ3) is 6.13. The summed E-state index contributed by atoms with van der Waals surface area (Å²) in [7, 11) is -3.51. The predicted molar refractivity (Wildman–Crippen MR) is 135 cm³/mol. The molecule has 0 bridgehead atoms. The second-order valence-corrected chi connectivity index (χ2v) is 10.8. The number of hydrogen-bond donors (Lipinski definition) is 1. The van der Waals surface area contributed by atoms with Crippen LogP contribution in [0.4, 0.5) is 0 Å². The molecule has 3 aromatic carbocycles. The Morgan fingerprint density at radius 2 is 1.41 bits per heavy atom.